The molecular formula is C28H45N7. The van der Waals surface area contributed by atoms with Crippen LogP contribution in [0.25, 0.3) is 0 Å². The smallest absolute Gasteiger partial charge is 0.229 e. The molecule has 0 bridgehead atoms. The molecule has 4 rings (SSSR count). The van der Waals surface area contributed by atoms with E-state index >= 15 is 0 Å². The van der Waals surface area contributed by atoms with Crippen molar-refractivity contribution in [2.45, 2.75) is 78.4 Å². The first-order chi connectivity index (χ1) is 16.5. The third kappa shape index (κ3) is 5.72. The van der Waals surface area contributed by atoms with Crippen molar-refractivity contribution in [2.24, 2.45) is 0 Å². The lowest BCUT2D eigenvalue weighted by Gasteiger charge is -2.53. The topological polar surface area (TPSA) is 59.6 Å². The van der Waals surface area contributed by atoms with Gasteiger partial charge >= 0.3 is 0 Å². The first kappa shape index (κ1) is 25.7. The highest BCUT2D eigenvalue weighted by atomic mass is 15.3. The molecule has 2 saturated heterocycles. The van der Waals surface area contributed by atoms with Crippen molar-refractivity contribution >= 4 is 23.1 Å². The van der Waals surface area contributed by atoms with Crippen molar-refractivity contribution in [3.63, 3.8) is 0 Å². The third-order valence-corrected chi connectivity index (χ3v) is 8.23. The number of aryl methyl sites for hydroxylation is 2. The monoisotopic (exact) mass is 479 g/mol. The van der Waals surface area contributed by atoms with Gasteiger partial charge in [-0.1, -0.05) is 6.92 Å². The number of piperazine rings is 1. The van der Waals surface area contributed by atoms with Gasteiger partial charge in [-0.15, -0.1) is 0 Å². The first-order valence-corrected chi connectivity index (χ1v) is 13.2. The van der Waals surface area contributed by atoms with Gasteiger partial charge in [-0.05, 0) is 91.7 Å². The summed E-state index contributed by atoms with van der Waals surface area (Å²) in [5, 5.41) is 7.19. The van der Waals surface area contributed by atoms with E-state index in [0.717, 1.165) is 62.6 Å². The zero-order valence-corrected chi connectivity index (χ0v) is 23.1. The van der Waals surface area contributed by atoms with Gasteiger partial charge in [-0.3, -0.25) is 4.90 Å². The minimum Gasteiger partial charge on any atom is -0.369 e. The van der Waals surface area contributed by atoms with Crippen LogP contribution in [0.1, 0.15) is 58.6 Å². The van der Waals surface area contributed by atoms with Crippen molar-refractivity contribution in [1.82, 2.24) is 19.8 Å². The first-order valence-electron chi connectivity index (χ1n) is 13.2. The average molecular weight is 480 g/mol. The molecule has 1 aromatic heterocycles. The van der Waals surface area contributed by atoms with Crippen LogP contribution in [0.4, 0.5) is 23.1 Å². The molecule has 0 atom stereocenters. The summed E-state index contributed by atoms with van der Waals surface area (Å²) in [4.78, 5) is 17.0. The molecule has 7 nitrogen and oxygen atoms in total. The summed E-state index contributed by atoms with van der Waals surface area (Å²) in [6.07, 6.45) is 4.07. The number of benzene rings is 1. The van der Waals surface area contributed by atoms with Gasteiger partial charge in [0.25, 0.3) is 0 Å². The van der Waals surface area contributed by atoms with Crippen LogP contribution in [-0.4, -0.2) is 76.7 Å². The Kier molecular flexibility index (Phi) is 7.30. The van der Waals surface area contributed by atoms with Crippen molar-refractivity contribution in [3.8, 4) is 0 Å². The Labute approximate surface area is 212 Å². The molecular weight excluding hydrogens is 434 g/mol. The van der Waals surface area contributed by atoms with Crippen LogP contribution < -0.4 is 15.5 Å². The van der Waals surface area contributed by atoms with E-state index in [4.69, 9.17) is 4.98 Å². The number of likely N-dealkylation sites (tertiary alicyclic amines) is 1. The second kappa shape index (κ2) is 9.94. The van der Waals surface area contributed by atoms with Crippen molar-refractivity contribution in [3.05, 3.63) is 35.5 Å². The Balaban J connectivity index is 1.45. The summed E-state index contributed by atoms with van der Waals surface area (Å²) in [6.45, 7) is 21.4. The second-order valence-electron chi connectivity index (χ2n) is 11.7. The van der Waals surface area contributed by atoms with Crippen LogP contribution in [0.2, 0.25) is 0 Å². The molecule has 0 spiro atoms. The van der Waals surface area contributed by atoms with Gasteiger partial charge < -0.3 is 20.4 Å². The van der Waals surface area contributed by atoms with Crippen molar-refractivity contribution in [1.29, 1.82) is 0 Å². The van der Waals surface area contributed by atoms with Gasteiger partial charge in [0.2, 0.25) is 5.95 Å². The molecule has 2 fully saturated rings. The van der Waals surface area contributed by atoms with E-state index in [2.05, 4.69) is 104 Å². The molecule has 0 unspecified atom stereocenters. The Morgan fingerprint density at radius 3 is 2.23 bits per heavy atom. The highest BCUT2D eigenvalue weighted by Crippen LogP contribution is 2.38. The Hall–Kier alpha value is -2.38. The molecule has 2 aromatic rings. The zero-order chi connectivity index (χ0) is 25.4. The third-order valence-electron chi connectivity index (χ3n) is 8.23. The van der Waals surface area contributed by atoms with Crippen LogP contribution in [0.15, 0.2) is 24.4 Å². The fraction of sp³-hybridized carbons (Fsp3) is 0.643. The van der Waals surface area contributed by atoms with Crippen molar-refractivity contribution < 1.29 is 0 Å². The van der Waals surface area contributed by atoms with Crippen LogP contribution in [-0.2, 0) is 0 Å². The van der Waals surface area contributed by atoms with Crippen LogP contribution >= 0.6 is 0 Å². The molecule has 1 aromatic carbocycles. The number of nitrogens with one attached hydrogen (secondary N) is 2. The molecule has 192 valence electrons. The number of piperidine rings is 1. The molecule has 3 heterocycles. The van der Waals surface area contributed by atoms with E-state index < -0.39 is 0 Å². The predicted octanol–water partition coefficient (Wildman–Crippen LogP) is 5.04. The summed E-state index contributed by atoms with van der Waals surface area (Å²) in [7, 11) is 2.24. The van der Waals surface area contributed by atoms with Gasteiger partial charge in [-0.2, -0.15) is 4.98 Å². The lowest BCUT2D eigenvalue weighted by atomic mass is 9.77. The van der Waals surface area contributed by atoms with E-state index in [0.29, 0.717) is 12.0 Å². The van der Waals surface area contributed by atoms with E-state index in [-0.39, 0.29) is 11.1 Å². The Morgan fingerprint density at radius 1 is 0.971 bits per heavy atom. The molecule has 2 aliphatic rings. The van der Waals surface area contributed by atoms with Gasteiger partial charge in [0, 0.05) is 66.4 Å². The van der Waals surface area contributed by atoms with Crippen LogP contribution in [0.3, 0.4) is 0 Å². The fourth-order valence-electron chi connectivity index (χ4n) is 5.84. The Bertz CT molecular complexity index is 1010. The molecule has 0 amide bonds. The number of rotatable bonds is 6. The van der Waals surface area contributed by atoms with Crippen molar-refractivity contribution in [2.75, 3.05) is 55.3 Å². The number of nitrogens with zero attached hydrogens (tertiary/aromatic N) is 5. The van der Waals surface area contributed by atoms with Gasteiger partial charge in [-0.25, -0.2) is 4.98 Å². The quantitative estimate of drug-likeness (QED) is 0.602. The SMILES string of the molecule is CCN1CCN(c2ccc(Nc3ncc(C)c(NC4CC(C)(C)N(C)C(C)(C)C4)n3)cc2C)CC1. The minimum atomic E-state index is 0.129. The normalized spacial score (nSPS) is 21.2. The zero-order valence-electron chi connectivity index (χ0n) is 23.1. The molecule has 0 radical (unpaired) electrons. The largest absolute Gasteiger partial charge is 0.369 e. The van der Waals surface area contributed by atoms with Gasteiger partial charge in [0.15, 0.2) is 0 Å². The maximum atomic E-state index is 4.87. The van der Waals surface area contributed by atoms with E-state index in [9.17, 15) is 0 Å². The molecule has 0 saturated carbocycles. The molecule has 2 aliphatic heterocycles. The van der Waals surface area contributed by atoms with Gasteiger partial charge in [0.1, 0.15) is 5.82 Å². The minimum absolute atomic E-state index is 0.129. The number of hydrogen-bond donors (Lipinski definition) is 2. The number of anilines is 4. The fourth-order valence-corrected chi connectivity index (χ4v) is 5.84. The maximum Gasteiger partial charge on any atom is 0.229 e. The predicted molar refractivity (Wildman–Crippen MR) is 148 cm³/mol. The van der Waals surface area contributed by atoms with Crippen LogP contribution in [0, 0.1) is 13.8 Å². The number of aromatic nitrogens is 2. The second-order valence-corrected chi connectivity index (χ2v) is 11.7. The highest BCUT2D eigenvalue weighted by molar-refractivity contribution is 5.64. The molecule has 35 heavy (non-hydrogen) atoms. The lowest BCUT2D eigenvalue weighted by molar-refractivity contribution is -0.00773. The van der Waals surface area contributed by atoms with E-state index in [1.165, 1.54) is 11.3 Å². The van der Waals surface area contributed by atoms with Crippen LogP contribution in [0.5, 0.6) is 0 Å². The Morgan fingerprint density at radius 2 is 1.63 bits per heavy atom. The molecule has 2 N–H and O–H groups in total. The summed E-state index contributed by atoms with van der Waals surface area (Å²) in [6, 6.07) is 6.95. The lowest BCUT2D eigenvalue weighted by Crippen LogP contribution is -2.61. The average Bonchev–Trinajstić information content (AvgIpc) is 2.79. The van der Waals surface area contributed by atoms with Gasteiger partial charge in [0.05, 0.1) is 0 Å². The standard InChI is InChI=1S/C28H45N7/c1-9-34-12-14-35(15-13-34)24-11-10-22(16-20(24)2)31-26-29-19-21(3)25(32-26)30-23-17-27(4,5)33(8)28(6,7)18-23/h10-11,16,19,23H,9,12-15,17-18H2,1-8H3,(H2,29,30,31,32). The molecule has 7 heteroatoms. The summed E-state index contributed by atoms with van der Waals surface area (Å²) in [5.74, 6) is 1.55. The molecule has 0 aliphatic carbocycles. The number of hydrogen-bond acceptors (Lipinski definition) is 7. The number of likely N-dealkylation sites (N-methyl/N-ethyl adjacent to an activating group) is 1. The highest BCUT2D eigenvalue weighted by Gasteiger charge is 2.43. The maximum absolute atomic E-state index is 4.87. The summed E-state index contributed by atoms with van der Waals surface area (Å²) < 4.78 is 0. The van der Waals surface area contributed by atoms with E-state index in [1.807, 2.05) is 6.20 Å². The summed E-state index contributed by atoms with van der Waals surface area (Å²) >= 11 is 0. The van der Waals surface area contributed by atoms with E-state index in [1.54, 1.807) is 0 Å². The summed E-state index contributed by atoms with van der Waals surface area (Å²) in [5.41, 5.74) is 4.96.